The van der Waals surface area contributed by atoms with Gasteiger partial charge in [0.2, 0.25) is 0 Å². The molecule has 8 aromatic rings. The van der Waals surface area contributed by atoms with Crippen LogP contribution in [0.1, 0.15) is 168 Å². The second-order valence-electron chi connectivity index (χ2n) is 27.9. The minimum Gasteiger partial charge on any atom is -0.508 e. The molecule has 6 aliphatic rings. The fraction of sp³-hybridized carbons (Fsp3) is 0.400. The first-order chi connectivity index (χ1) is 46.1. The average Bonchev–Trinajstić information content (AvgIpc) is 1.53. The Balaban J connectivity index is 0.000000174. The number of phenolic OH excluding ortho intramolecular Hbond substituents is 8. The number of aryl methyl sites for hydroxylation is 4. The third kappa shape index (κ3) is 11.5. The number of fused-ring (bicyclic) bond motifs is 2. The van der Waals surface area contributed by atoms with Crippen LogP contribution in [-0.2, 0) is 18.9 Å². The summed E-state index contributed by atoms with van der Waals surface area (Å²) in [5.74, 6) is 3.65. The zero-order valence-corrected chi connectivity index (χ0v) is 56.0. The maximum atomic E-state index is 10.9. The molecular formula is C80H88O16. The highest BCUT2D eigenvalue weighted by Gasteiger charge is 2.63. The first-order valence-corrected chi connectivity index (χ1v) is 33.4. The third-order valence-corrected chi connectivity index (χ3v) is 23.0. The molecule has 8 aromatic carbocycles. The van der Waals surface area contributed by atoms with Gasteiger partial charge >= 0.3 is 0 Å². The van der Waals surface area contributed by atoms with Gasteiger partial charge in [0.25, 0.3) is 0 Å². The molecule has 4 heterocycles. The lowest BCUT2D eigenvalue weighted by Crippen LogP contribution is -2.40. The molecule has 4 aliphatic heterocycles. The maximum Gasteiger partial charge on any atom is 0.160 e. The van der Waals surface area contributed by atoms with Crippen molar-refractivity contribution in [1.82, 2.24) is 0 Å². The highest BCUT2D eigenvalue weighted by atomic mass is 16.5. The number of hydrogen-bond donors (Lipinski definition) is 8. The van der Waals surface area contributed by atoms with E-state index in [4.69, 9.17) is 37.9 Å². The highest BCUT2D eigenvalue weighted by Crippen LogP contribution is 2.72. The van der Waals surface area contributed by atoms with Gasteiger partial charge in [0.15, 0.2) is 46.0 Å². The zero-order valence-electron chi connectivity index (χ0n) is 56.0. The van der Waals surface area contributed by atoms with E-state index in [1.165, 1.54) is 0 Å². The summed E-state index contributed by atoms with van der Waals surface area (Å²) in [4.78, 5) is 0. The van der Waals surface area contributed by atoms with Crippen molar-refractivity contribution in [2.45, 2.75) is 129 Å². The van der Waals surface area contributed by atoms with E-state index in [1.807, 2.05) is 113 Å². The van der Waals surface area contributed by atoms with E-state index in [0.29, 0.717) is 23.0 Å². The molecule has 0 amide bonds. The predicted octanol–water partition coefficient (Wildman–Crippen LogP) is 17.0. The molecule has 0 radical (unpaired) electrons. The van der Waals surface area contributed by atoms with Crippen LogP contribution in [0.25, 0.3) is 0 Å². The van der Waals surface area contributed by atoms with Crippen molar-refractivity contribution in [3.63, 3.8) is 0 Å². The Labute approximate surface area is 561 Å². The summed E-state index contributed by atoms with van der Waals surface area (Å²) in [6.07, 6.45) is 3.05. The molecule has 2 spiro atoms. The van der Waals surface area contributed by atoms with Crippen molar-refractivity contribution in [3.8, 4) is 69.0 Å². The van der Waals surface area contributed by atoms with Gasteiger partial charge in [-0.1, -0.05) is 62.4 Å². The summed E-state index contributed by atoms with van der Waals surface area (Å²) >= 11 is 0. The van der Waals surface area contributed by atoms with E-state index in [-0.39, 0.29) is 141 Å². The average molecular weight is 1310 g/mol. The lowest BCUT2D eigenvalue weighted by Gasteiger charge is -2.47. The molecule has 14 rings (SSSR count). The van der Waals surface area contributed by atoms with Crippen LogP contribution in [0.4, 0.5) is 0 Å². The SMILES string of the molecule is COc1ccc([C@@H]2O[C@H](c3ccc(O)c(C)c3)C(C)[C@@]23CCC2C(C3)[C@@H](c3ccc(O)c(OC)c3)O[C@H]2c2ccc(O)c(C)c2)cc1O.COc1ccc([C@@H]2O[C@H](c3ccc(O)c(C)c3)C(C)[C@]23CCC2C(C3)[C@@H](c3ccc(O)c(OC)c3)O[C@H]2c2ccc(O)c(C)c2)cc1O. The van der Waals surface area contributed by atoms with Gasteiger partial charge in [-0.3, -0.25) is 0 Å². The van der Waals surface area contributed by atoms with Crippen molar-refractivity contribution in [2.24, 2.45) is 46.3 Å². The molecular weight excluding hydrogens is 1220 g/mol. The summed E-state index contributed by atoms with van der Waals surface area (Å²) in [5.41, 5.74) is 10.3. The molecule has 0 aromatic heterocycles. The van der Waals surface area contributed by atoms with Crippen LogP contribution in [-0.4, -0.2) is 69.3 Å². The second-order valence-corrected chi connectivity index (χ2v) is 27.9. The highest BCUT2D eigenvalue weighted by molar-refractivity contribution is 5.49. The molecule has 6 fully saturated rings. The van der Waals surface area contributed by atoms with Crippen molar-refractivity contribution in [2.75, 3.05) is 28.4 Å². The number of methoxy groups -OCH3 is 4. The molecule has 16 atom stereocenters. The Morgan fingerprint density at radius 3 is 0.885 bits per heavy atom. The topological polar surface area (TPSA) is 236 Å². The van der Waals surface area contributed by atoms with Gasteiger partial charge in [0.1, 0.15) is 23.0 Å². The normalized spacial score (nSPS) is 29.6. The molecule has 16 nitrogen and oxygen atoms in total. The van der Waals surface area contributed by atoms with Crippen LogP contribution in [0.15, 0.2) is 146 Å². The lowest BCUT2D eigenvalue weighted by atomic mass is 9.55. The van der Waals surface area contributed by atoms with Crippen LogP contribution in [0.2, 0.25) is 0 Å². The fourth-order valence-electron chi connectivity index (χ4n) is 17.8. The van der Waals surface area contributed by atoms with Gasteiger partial charge in [-0.25, -0.2) is 0 Å². The van der Waals surface area contributed by atoms with Gasteiger partial charge < -0.3 is 78.7 Å². The number of hydrogen-bond acceptors (Lipinski definition) is 16. The Kier molecular flexibility index (Phi) is 17.8. The van der Waals surface area contributed by atoms with Crippen molar-refractivity contribution in [3.05, 3.63) is 212 Å². The molecule has 0 bridgehead atoms. The molecule has 2 saturated carbocycles. The Bertz CT molecular complexity index is 3940. The Hall–Kier alpha value is -8.80. The summed E-state index contributed by atoms with van der Waals surface area (Å²) in [6.45, 7) is 12.1. The third-order valence-electron chi connectivity index (χ3n) is 23.0. The van der Waals surface area contributed by atoms with Crippen molar-refractivity contribution in [1.29, 1.82) is 0 Å². The standard InChI is InChI=1S/2C40H44O8/c2*1-21-16-24(6-10-30(21)41)36-23(3)40(39(48-36)27-9-13-34(45-4)33(44)18-27)15-14-28-29(20-40)38(26-8-12-32(43)35(19-26)46-5)47-37(28)25-7-11-31(42)22(2)17-25/h2*6-13,16-19,23,28-29,36-39,41-44H,14-15,20H2,1-5H3/t23?,28?,29?,36-,37-,38+,39-,40+;23?,28?,29?,36-,37-,38+,39-,40-/m00/s1. The van der Waals surface area contributed by atoms with Crippen LogP contribution < -0.4 is 18.9 Å². The van der Waals surface area contributed by atoms with Crippen molar-refractivity contribution < 1.29 is 78.7 Å². The molecule has 504 valence electrons. The Morgan fingerprint density at radius 1 is 0.302 bits per heavy atom. The van der Waals surface area contributed by atoms with Gasteiger partial charge in [-0.15, -0.1) is 0 Å². The predicted molar refractivity (Wildman–Crippen MR) is 361 cm³/mol. The van der Waals surface area contributed by atoms with Gasteiger partial charge in [-0.2, -0.15) is 0 Å². The molecule has 16 heteroatoms. The fourth-order valence-corrected chi connectivity index (χ4v) is 17.8. The van der Waals surface area contributed by atoms with Crippen molar-refractivity contribution >= 4 is 0 Å². The summed E-state index contributed by atoms with van der Waals surface area (Å²) in [7, 11) is 6.18. The van der Waals surface area contributed by atoms with Crippen LogP contribution in [0, 0.1) is 74.0 Å². The Morgan fingerprint density at radius 2 is 0.583 bits per heavy atom. The lowest BCUT2D eigenvalue weighted by molar-refractivity contribution is -0.0247. The second kappa shape index (κ2) is 26.0. The summed E-state index contributed by atoms with van der Waals surface area (Å²) in [5, 5.41) is 83.9. The molecule has 96 heavy (non-hydrogen) atoms. The van der Waals surface area contributed by atoms with Gasteiger partial charge in [0, 0.05) is 10.8 Å². The number of phenols is 8. The number of ether oxygens (including phenoxy) is 8. The molecule has 8 N–H and O–H groups in total. The smallest absolute Gasteiger partial charge is 0.160 e. The zero-order chi connectivity index (χ0) is 67.8. The first kappa shape index (κ1) is 65.8. The number of benzene rings is 8. The van der Waals surface area contributed by atoms with Crippen LogP contribution in [0.5, 0.6) is 69.0 Å². The monoisotopic (exact) mass is 1300 g/mol. The van der Waals surface area contributed by atoms with E-state index in [0.717, 1.165) is 105 Å². The minimum absolute atomic E-state index is 0.0695. The maximum absolute atomic E-state index is 10.9. The van der Waals surface area contributed by atoms with Crippen LogP contribution in [0.3, 0.4) is 0 Å². The number of aromatic hydroxyl groups is 8. The van der Waals surface area contributed by atoms with E-state index >= 15 is 0 Å². The van der Waals surface area contributed by atoms with E-state index in [2.05, 4.69) is 13.8 Å². The van der Waals surface area contributed by atoms with E-state index in [1.54, 1.807) is 89.1 Å². The largest absolute Gasteiger partial charge is 0.508 e. The number of rotatable bonds is 12. The van der Waals surface area contributed by atoms with E-state index < -0.39 is 0 Å². The molecule has 4 saturated heterocycles. The minimum atomic E-state index is -0.325. The molecule has 6 unspecified atom stereocenters. The molecule has 2 aliphatic carbocycles. The van der Waals surface area contributed by atoms with E-state index in [9.17, 15) is 40.9 Å². The van der Waals surface area contributed by atoms with Gasteiger partial charge in [0.05, 0.1) is 77.3 Å². The summed E-state index contributed by atoms with van der Waals surface area (Å²) < 4.78 is 50.0. The van der Waals surface area contributed by atoms with Crippen LogP contribution >= 0.6 is 0 Å². The summed E-state index contributed by atoms with van der Waals surface area (Å²) in [6, 6.07) is 44.9. The van der Waals surface area contributed by atoms with Gasteiger partial charge in [-0.05, 0) is 266 Å². The first-order valence-electron chi connectivity index (χ1n) is 33.4. The quantitative estimate of drug-likeness (QED) is 0.0568.